The average molecular weight is 252 g/mol. The SMILES string of the molecule is CCCCN(CCC1(NC)CCCCC1)C1CC1. The molecule has 2 heteroatoms. The summed E-state index contributed by atoms with van der Waals surface area (Å²) in [6.45, 7) is 4.97. The van der Waals surface area contributed by atoms with Crippen molar-refractivity contribution in [1.82, 2.24) is 10.2 Å². The van der Waals surface area contributed by atoms with Crippen molar-refractivity contribution >= 4 is 0 Å². The monoisotopic (exact) mass is 252 g/mol. The second-order valence-corrected chi connectivity index (χ2v) is 6.46. The molecule has 0 aromatic rings. The first-order valence-corrected chi connectivity index (χ1v) is 8.22. The lowest BCUT2D eigenvalue weighted by Crippen LogP contribution is -2.47. The largest absolute Gasteiger partial charge is 0.314 e. The highest BCUT2D eigenvalue weighted by molar-refractivity contribution is 4.92. The molecule has 0 radical (unpaired) electrons. The van der Waals surface area contributed by atoms with E-state index in [9.17, 15) is 0 Å². The van der Waals surface area contributed by atoms with Crippen LogP contribution in [0.5, 0.6) is 0 Å². The molecule has 0 spiro atoms. The average Bonchev–Trinajstić information content (AvgIpc) is 3.24. The van der Waals surface area contributed by atoms with Crippen LogP contribution in [0.2, 0.25) is 0 Å². The van der Waals surface area contributed by atoms with E-state index in [1.807, 2.05) is 0 Å². The standard InChI is InChI=1S/C16H32N2/c1-3-4-13-18(15-8-9-15)14-12-16(17-2)10-6-5-7-11-16/h15,17H,3-14H2,1-2H3. The maximum Gasteiger partial charge on any atom is 0.0190 e. The Labute approximate surface area is 114 Å². The van der Waals surface area contributed by atoms with Crippen LogP contribution in [-0.2, 0) is 0 Å². The van der Waals surface area contributed by atoms with E-state index in [1.165, 1.54) is 77.3 Å². The lowest BCUT2D eigenvalue weighted by atomic mass is 9.79. The quantitative estimate of drug-likeness (QED) is 0.710. The van der Waals surface area contributed by atoms with Crippen molar-refractivity contribution in [3.05, 3.63) is 0 Å². The molecule has 0 heterocycles. The van der Waals surface area contributed by atoms with E-state index in [0.717, 1.165) is 6.04 Å². The van der Waals surface area contributed by atoms with Crippen LogP contribution in [0.4, 0.5) is 0 Å². The van der Waals surface area contributed by atoms with E-state index in [-0.39, 0.29) is 0 Å². The van der Waals surface area contributed by atoms with Gasteiger partial charge in [0.05, 0.1) is 0 Å². The van der Waals surface area contributed by atoms with Gasteiger partial charge in [0.25, 0.3) is 0 Å². The molecule has 0 aromatic carbocycles. The lowest BCUT2D eigenvalue weighted by molar-refractivity contribution is 0.176. The highest BCUT2D eigenvalue weighted by Crippen LogP contribution is 2.33. The van der Waals surface area contributed by atoms with Crippen molar-refractivity contribution in [1.29, 1.82) is 0 Å². The summed E-state index contributed by atoms with van der Waals surface area (Å²) in [7, 11) is 2.18. The molecular formula is C16H32N2. The van der Waals surface area contributed by atoms with E-state index in [4.69, 9.17) is 0 Å². The Morgan fingerprint density at radius 3 is 2.39 bits per heavy atom. The van der Waals surface area contributed by atoms with Gasteiger partial charge in [0.15, 0.2) is 0 Å². The Hall–Kier alpha value is -0.0800. The molecule has 0 bridgehead atoms. The third kappa shape index (κ3) is 3.96. The maximum atomic E-state index is 3.66. The van der Waals surface area contributed by atoms with Crippen LogP contribution in [0.3, 0.4) is 0 Å². The molecule has 0 atom stereocenters. The molecule has 2 saturated carbocycles. The topological polar surface area (TPSA) is 15.3 Å². The van der Waals surface area contributed by atoms with Crippen molar-refractivity contribution in [2.24, 2.45) is 0 Å². The molecule has 2 fully saturated rings. The summed E-state index contributed by atoms with van der Waals surface area (Å²) in [5, 5.41) is 3.66. The smallest absolute Gasteiger partial charge is 0.0190 e. The molecule has 0 saturated heterocycles. The van der Waals surface area contributed by atoms with Crippen molar-refractivity contribution < 1.29 is 0 Å². The number of nitrogens with zero attached hydrogens (tertiary/aromatic N) is 1. The molecule has 2 rings (SSSR count). The predicted octanol–water partition coefficient (Wildman–Crippen LogP) is 3.56. The molecular weight excluding hydrogens is 220 g/mol. The Morgan fingerprint density at radius 1 is 1.11 bits per heavy atom. The van der Waals surface area contributed by atoms with Gasteiger partial charge in [-0.05, 0) is 52.1 Å². The van der Waals surface area contributed by atoms with Gasteiger partial charge in [0, 0.05) is 18.1 Å². The van der Waals surface area contributed by atoms with Crippen molar-refractivity contribution in [2.75, 3.05) is 20.1 Å². The fourth-order valence-electron chi connectivity index (χ4n) is 3.49. The molecule has 2 aliphatic rings. The summed E-state index contributed by atoms with van der Waals surface area (Å²) in [5.41, 5.74) is 0.470. The molecule has 1 N–H and O–H groups in total. The van der Waals surface area contributed by atoms with Crippen LogP contribution in [0.25, 0.3) is 0 Å². The van der Waals surface area contributed by atoms with Crippen LogP contribution >= 0.6 is 0 Å². The predicted molar refractivity (Wildman–Crippen MR) is 79.0 cm³/mol. The number of nitrogens with one attached hydrogen (secondary N) is 1. The first kappa shape index (κ1) is 14.3. The number of hydrogen-bond donors (Lipinski definition) is 1. The molecule has 2 aliphatic carbocycles. The maximum absolute atomic E-state index is 3.66. The Balaban J connectivity index is 1.79. The van der Waals surface area contributed by atoms with Crippen LogP contribution in [0.15, 0.2) is 0 Å². The van der Waals surface area contributed by atoms with Crippen LogP contribution in [0.1, 0.15) is 71.1 Å². The van der Waals surface area contributed by atoms with Crippen LogP contribution in [-0.4, -0.2) is 36.6 Å². The summed E-state index contributed by atoms with van der Waals surface area (Å²) >= 11 is 0. The Bertz CT molecular complexity index is 229. The molecule has 0 amide bonds. The number of unbranched alkanes of at least 4 members (excludes halogenated alkanes) is 1. The fourth-order valence-corrected chi connectivity index (χ4v) is 3.49. The minimum atomic E-state index is 0.470. The molecule has 0 unspecified atom stereocenters. The third-order valence-electron chi connectivity index (χ3n) is 5.08. The highest BCUT2D eigenvalue weighted by Gasteiger charge is 2.33. The Kier molecular flexibility index (Phi) is 5.50. The summed E-state index contributed by atoms with van der Waals surface area (Å²) in [5.74, 6) is 0. The van der Waals surface area contributed by atoms with E-state index in [2.05, 4.69) is 24.2 Å². The zero-order valence-corrected chi connectivity index (χ0v) is 12.5. The van der Waals surface area contributed by atoms with Crippen molar-refractivity contribution in [2.45, 2.75) is 82.7 Å². The van der Waals surface area contributed by atoms with E-state index in [1.54, 1.807) is 0 Å². The second-order valence-electron chi connectivity index (χ2n) is 6.46. The minimum Gasteiger partial charge on any atom is -0.314 e. The van der Waals surface area contributed by atoms with Gasteiger partial charge in [0.2, 0.25) is 0 Å². The summed E-state index contributed by atoms with van der Waals surface area (Å²) in [6, 6.07) is 0.939. The van der Waals surface area contributed by atoms with Crippen LogP contribution in [0, 0.1) is 0 Å². The van der Waals surface area contributed by atoms with Gasteiger partial charge in [-0.3, -0.25) is 0 Å². The van der Waals surface area contributed by atoms with Gasteiger partial charge in [-0.25, -0.2) is 0 Å². The summed E-state index contributed by atoms with van der Waals surface area (Å²) in [4.78, 5) is 2.77. The second kappa shape index (κ2) is 6.91. The Morgan fingerprint density at radius 2 is 1.83 bits per heavy atom. The molecule has 0 aromatic heterocycles. The third-order valence-corrected chi connectivity index (χ3v) is 5.08. The van der Waals surface area contributed by atoms with Gasteiger partial charge in [0.1, 0.15) is 0 Å². The van der Waals surface area contributed by atoms with Gasteiger partial charge >= 0.3 is 0 Å². The first-order chi connectivity index (χ1) is 8.79. The van der Waals surface area contributed by atoms with Crippen molar-refractivity contribution in [3.8, 4) is 0 Å². The normalized spacial score (nSPS) is 23.5. The summed E-state index contributed by atoms with van der Waals surface area (Å²) in [6.07, 6.45) is 14.1. The zero-order valence-electron chi connectivity index (χ0n) is 12.5. The zero-order chi connectivity index (χ0) is 12.8. The van der Waals surface area contributed by atoms with E-state index >= 15 is 0 Å². The molecule has 0 aliphatic heterocycles. The van der Waals surface area contributed by atoms with Gasteiger partial charge in [-0.1, -0.05) is 32.6 Å². The van der Waals surface area contributed by atoms with Crippen LogP contribution < -0.4 is 5.32 Å². The molecule has 18 heavy (non-hydrogen) atoms. The molecule has 2 nitrogen and oxygen atoms in total. The molecule has 106 valence electrons. The van der Waals surface area contributed by atoms with E-state index < -0.39 is 0 Å². The minimum absolute atomic E-state index is 0.470. The van der Waals surface area contributed by atoms with Gasteiger partial charge in [-0.2, -0.15) is 0 Å². The van der Waals surface area contributed by atoms with Crippen molar-refractivity contribution in [3.63, 3.8) is 0 Å². The lowest BCUT2D eigenvalue weighted by Gasteiger charge is -2.39. The van der Waals surface area contributed by atoms with Gasteiger partial charge < -0.3 is 10.2 Å². The van der Waals surface area contributed by atoms with E-state index in [0.29, 0.717) is 5.54 Å². The fraction of sp³-hybridized carbons (Fsp3) is 1.00. The summed E-state index contributed by atoms with van der Waals surface area (Å²) < 4.78 is 0. The number of hydrogen-bond acceptors (Lipinski definition) is 2. The highest BCUT2D eigenvalue weighted by atomic mass is 15.2. The first-order valence-electron chi connectivity index (χ1n) is 8.22. The van der Waals surface area contributed by atoms with Gasteiger partial charge in [-0.15, -0.1) is 0 Å². The number of rotatable bonds is 8.